The lowest BCUT2D eigenvalue weighted by atomic mass is 10.1. The number of nitrogens with one attached hydrogen (secondary N) is 1. The van der Waals surface area contributed by atoms with Crippen LogP contribution in [0.5, 0.6) is 0 Å². The van der Waals surface area contributed by atoms with Crippen LogP contribution in [0.25, 0.3) is 11.5 Å². The van der Waals surface area contributed by atoms with Crippen molar-refractivity contribution in [2.24, 2.45) is 0 Å². The molecule has 0 saturated heterocycles. The Labute approximate surface area is 91.5 Å². The van der Waals surface area contributed by atoms with Gasteiger partial charge in [0.1, 0.15) is 5.69 Å². The molecule has 2 aromatic rings. The van der Waals surface area contributed by atoms with Crippen LogP contribution in [0, 0.1) is 0 Å². The van der Waals surface area contributed by atoms with Gasteiger partial charge in [0.25, 0.3) is 5.56 Å². The molecule has 0 unspecified atom stereocenters. The zero-order valence-electron chi connectivity index (χ0n) is 8.86. The summed E-state index contributed by atoms with van der Waals surface area (Å²) in [7, 11) is 0. The summed E-state index contributed by atoms with van der Waals surface area (Å²) in [5.41, 5.74) is 6.80. The van der Waals surface area contributed by atoms with Gasteiger partial charge in [0.2, 0.25) is 0 Å². The smallest absolute Gasteiger partial charge is 0.264 e. The molecule has 2 rings (SSSR count). The third-order valence-electron chi connectivity index (χ3n) is 2.23. The van der Waals surface area contributed by atoms with Crippen molar-refractivity contribution in [1.29, 1.82) is 0 Å². The Bertz CT molecular complexity index is 523. The Morgan fingerprint density at radius 3 is 2.94 bits per heavy atom. The molecule has 84 valence electrons. The molecule has 3 N–H and O–H groups in total. The van der Waals surface area contributed by atoms with Crippen LogP contribution in [-0.4, -0.2) is 15.4 Å². The van der Waals surface area contributed by atoms with Crippen LogP contribution in [0.2, 0.25) is 0 Å². The number of nitrogens with zero attached hydrogens (tertiary/aromatic N) is 2. The molecule has 0 spiro atoms. The fourth-order valence-corrected chi connectivity index (χ4v) is 1.49. The first-order chi connectivity index (χ1) is 7.72. The average Bonchev–Trinajstić information content (AvgIpc) is 2.63. The summed E-state index contributed by atoms with van der Waals surface area (Å²) >= 11 is 0. The van der Waals surface area contributed by atoms with Gasteiger partial charge in [-0.25, -0.2) is 5.10 Å². The van der Waals surface area contributed by atoms with Gasteiger partial charge in [-0.3, -0.25) is 4.79 Å². The molecule has 0 fully saturated rings. The van der Waals surface area contributed by atoms with Gasteiger partial charge in [0, 0.05) is 11.6 Å². The van der Waals surface area contributed by atoms with Crippen molar-refractivity contribution in [2.45, 2.75) is 19.8 Å². The molecular weight excluding hydrogens is 208 g/mol. The summed E-state index contributed by atoms with van der Waals surface area (Å²) in [6, 6.07) is 2.97. The Morgan fingerprint density at radius 1 is 1.50 bits per heavy atom. The first-order valence-corrected chi connectivity index (χ1v) is 5.02. The number of aromatic amines is 1. The Morgan fingerprint density at radius 2 is 2.31 bits per heavy atom. The van der Waals surface area contributed by atoms with E-state index in [1.807, 2.05) is 6.92 Å². The maximum absolute atomic E-state index is 10.9. The van der Waals surface area contributed by atoms with Gasteiger partial charge >= 0.3 is 0 Å². The van der Waals surface area contributed by atoms with Gasteiger partial charge < -0.3 is 10.3 Å². The lowest BCUT2D eigenvalue weighted by molar-refractivity contribution is 0.433. The first kappa shape index (κ1) is 10.4. The van der Waals surface area contributed by atoms with E-state index in [4.69, 9.17) is 10.3 Å². The van der Waals surface area contributed by atoms with Crippen LogP contribution in [0.4, 0.5) is 5.82 Å². The number of anilines is 1. The summed E-state index contributed by atoms with van der Waals surface area (Å²) in [4.78, 5) is 10.9. The summed E-state index contributed by atoms with van der Waals surface area (Å²) in [6.07, 6.45) is 1.70. The fourth-order valence-electron chi connectivity index (χ4n) is 1.49. The van der Waals surface area contributed by atoms with Crippen molar-refractivity contribution >= 4 is 5.82 Å². The Hall–Kier alpha value is -2.11. The number of rotatable bonds is 3. The molecule has 2 aromatic heterocycles. The molecule has 0 radical (unpaired) electrons. The van der Waals surface area contributed by atoms with Crippen molar-refractivity contribution in [2.75, 3.05) is 5.73 Å². The van der Waals surface area contributed by atoms with Crippen LogP contribution in [0.15, 0.2) is 21.5 Å². The number of aromatic nitrogens is 3. The number of hydrogen-bond donors (Lipinski definition) is 2. The molecule has 2 heterocycles. The third kappa shape index (κ3) is 1.81. The lowest BCUT2D eigenvalue weighted by Crippen LogP contribution is -2.05. The van der Waals surface area contributed by atoms with Crippen molar-refractivity contribution in [1.82, 2.24) is 15.4 Å². The maximum Gasteiger partial charge on any atom is 0.264 e. The molecule has 0 atom stereocenters. The molecule has 16 heavy (non-hydrogen) atoms. The van der Waals surface area contributed by atoms with Gasteiger partial charge in [0.15, 0.2) is 11.6 Å². The predicted octanol–water partition coefficient (Wildman–Crippen LogP) is 0.960. The zero-order valence-corrected chi connectivity index (χ0v) is 8.86. The summed E-state index contributed by atoms with van der Waals surface area (Å²) in [5.74, 6) is 0.903. The second-order valence-electron chi connectivity index (χ2n) is 3.43. The first-order valence-electron chi connectivity index (χ1n) is 5.02. The van der Waals surface area contributed by atoms with Crippen LogP contribution < -0.4 is 11.3 Å². The van der Waals surface area contributed by atoms with Crippen molar-refractivity contribution in [3.05, 3.63) is 28.0 Å². The molecular formula is C10H12N4O2. The van der Waals surface area contributed by atoms with E-state index in [1.54, 1.807) is 6.07 Å². The highest BCUT2D eigenvalue weighted by atomic mass is 16.5. The molecule has 0 aliphatic rings. The normalized spacial score (nSPS) is 10.6. The van der Waals surface area contributed by atoms with Crippen LogP contribution in [-0.2, 0) is 6.42 Å². The van der Waals surface area contributed by atoms with E-state index in [2.05, 4.69) is 15.4 Å². The minimum Gasteiger partial charge on any atom is -0.381 e. The highest BCUT2D eigenvalue weighted by molar-refractivity contribution is 5.62. The number of nitrogen functional groups attached to an aromatic ring is 1. The van der Waals surface area contributed by atoms with Gasteiger partial charge in [-0.15, -0.1) is 0 Å². The van der Waals surface area contributed by atoms with E-state index in [0.29, 0.717) is 17.3 Å². The van der Waals surface area contributed by atoms with Gasteiger partial charge in [-0.1, -0.05) is 18.5 Å². The largest absolute Gasteiger partial charge is 0.381 e. The summed E-state index contributed by atoms with van der Waals surface area (Å²) < 4.78 is 5.11. The standard InChI is InChI=1S/C10H12N4O2/c1-2-3-6-9(16-14-10(6)11)7-4-5-8(15)13-12-7/h4-5H,2-3H2,1H3,(H2,11,14)(H,13,15). The monoisotopic (exact) mass is 220 g/mol. The molecule has 6 nitrogen and oxygen atoms in total. The van der Waals surface area contributed by atoms with Crippen molar-refractivity contribution in [3.63, 3.8) is 0 Å². The molecule has 0 aromatic carbocycles. The topological polar surface area (TPSA) is 97.8 Å². The van der Waals surface area contributed by atoms with Crippen LogP contribution in [0.3, 0.4) is 0 Å². The molecule has 0 bridgehead atoms. The molecule has 6 heteroatoms. The molecule has 0 saturated carbocycles. The van der Waals surface area contributed by atoms with E-state index in [1.165, 1.54) is 6.07 Å². The Kier molecular flexibility index (Phi) is 2.72. The summed E-state index contributed by atoms with van der Waals surface area (Å²) in [5, 5.41) is 9.93. The van der Waals surface area contributed by atoms with Crippen molar-refractivity contribution in [3.8, 4) is 11.5 Å². The van der Waals surface area contributed by atoms with Gasteiger partial charge in [0.05, 0.1) is 0 Å². The minimum absolute atomic E-state index is 0.256. The van der Waals surface area contributed by atoms with E-state index in [-0.39, 0.29) is 5.56 Å². The van der Waals surface area contributed by atoms with E-state index in [0.717, 1.165) is 18.4 Å². The van der Waals surface area contributed by atoms with E-state index < -0.39 is 0 Å². The number of nitrogens with two attached hydrogens (primary N) is 1. The van der Waals surface area contributed by atoms with Crippen LogP contribution in [0.1, 0.15) is 18.9 Å². The second-order valence-corrected chi connectivity index (χ2v) is 3.43. The SMILES string of the molecule is CCCc1c(N)noc1-c1ccc(=O)[nH]n1. The minimum atomic E-state index is -0.256. The van der Waals surface area contributed by atoms with Crippen molar-refractivity contribution < 1.29 is 4.52 Å². The molecule has 0 aliphatic carbocycles. The highest BCUT2D eigenvalue weighted by Gasteiger charge is 2.15. The average molecular weight is 220 g/mol. The molecule has 0 amide bonds. The number of H-pyrrole nitrogens is 1. The third-order valence-corrected chi connectivity index (χ3v) is 2.23. The van der Waals surface area contributed by atoms with Crippen LogP contribution >= 0.6 is 0 Å². The molecule has 0 aliphatic heterocycles. The van der Waals surface area contributed by atoms with E-state index >= 15 is 0 Å². The van der Waals surface area contributed by atoms with E-state index in [9.17, 15) is 4.79 Å². The Balaban J connectivity index is 2.47. The predicted molar refractivity (Wildman–Crippen MR) is 58.8 cm³/mol. The maximum atomic E-state index is 10.9. The second kappa shape index (κ2) is 4.18. The lowest BCUT2D eigenvalue weighted by Gasteiger charge is -1.98. The highest BCUT2D eigenvalue weighted by Crippen LogP contribution is 2.26. The zero-order chi connectivity index (χ0) is 11.5. The summed E-state index contributed by atoms with van der Waals surface area (Å²) in [6.45, 7) is 2.04. The van der Waals surface area contributed by atoms with Gasteiger partial charge in [-0.2, -0.15) is 5.10 Å². The fraction of sp³-hybridized carbons (Fsp3) is 0.300. The van der Waals surface area contributed by atoms with Gasteiger partial charge in [-0.05, 0) is 12.5 Å². The number of hydrogen-bond acceptors (Lipinski definition) is 5. The quantitative estimate of drug-likeness (QED) is 0.802.